The van der Waals surface area contributed by atoms with Crippen LogP contribution in [0, 0.1) is 24.0 Å². The molecule has 1 aliphatic heterocycles. The van der Waals surface area contributed by atoms with Crippen LogP contribution in [0.4, 0.5) is 10.5 Å². The maximum atomic E-state index is 13.2. The van der Waals surface area contributed by atoms with Crippen molar-refractivity contribution in [2.24, 2.45) is 0 Å². The Morgan fingerprint density at radius 3 is 2.07 bits per heavy atom. The Morgan fingerprint density at radius 1 is 1.07 bits per heavy atom. The minimum Gasteiger partial charge on any atom is -0.319 e. The number of non-ortho nitro benzene ring substituents is 1. The first-order valence-corrected chi connectivity index (χ1v) is 9.84. The van der Waals surface area contributed by atoms with E-state index in [1.165, 1.54) is 34.7 Å². The largest absolute Gasteiger partial charge is 0.325 e. The standard InChI is InChI=1S/C23H27N3O4/c1-14-11-17(22(3,4)5)12-15(2)19(14)13-25-20(27)23(6,24-21(25)28)16-7-9-18(10-8-16)26(29)30/h7-12H,13H2,1-6H3,(H,24,28). The van der Waals surface area contributed by atoms with E-state index in [0.717, 1.165) is 16.7 Å². The number of urea groups is 1. The summed E-state index contributed by atoms with van der Waals surface area (Å²) >= 11 is 0. The first-order valence-electron chi connectivity index (χ1n) is 9.84. The van der Waals surface area contributed by atoms with Crippen LogP contribution in [0.2, 0.25) is 0 Å². The van der Waals surface area contributed by atoms with Gasteiger partial charge in [-0.25, -0.2) is 4.79 Å². The Hall–Kier alpha value is -3.22. The Balaban J connectivity index is 1.91. The molecule has 2 aromatic carbocycles. The van der Waals surface area contributed by atoms with Crippen molar-refractivity contribution in [1.82, 2.24) is 10.2 Å². The Kier molecular flexibility index (Phi) is 5.18. The Morgan fingerprint density at radius 2 is 1.60 bits per heavy atom. The number of amides is 3. The molecule has 2 aromatic rings. The fraction of sp³-hybridized carbons (Fsp3) is 0.391. The van der Waals surface area contributed by atoms with Crippen LogP contribution in [-0.2, 0) is 22.3 Å². The highest BCUT2D eigenvalue weighted by Gasteiger charge is 2.49. The fourth-order valence-corrected chi connectivity index (χ4v) is 3.79. The molecule has 0 aliphatic carbocycles. The number of imide groups is 1. The van der Waals surface area contributed by atoms with E-state index in [4.69, 9.17) is 0 Å². The summed E-state index contributed by atoms with van der Waals surface area (Å²) in [5, 5.41) is 13.7. The van der Waals surface area contributed by atoms with Gasteiger partial charge < -0.3 is 5.32 Å². The van der Waals surface area contributed by atoms with Crippen molar-refractivity contribution in [3.63, 3.8) is 0 Å². The third-order valence-electron chi connectivity index (χ3n) is 5.81. The second-order valence-corrected chi connectivity index (χ2v) is 9.09. The number of carbonyl (C=O) groups excluding carboxylic acids is 2. The molecular weight excluding hydrogens is 382 g/mol. The number of carbonyl (C=O) groups is 2. The van der Waals surface area contributed by atoms with E-state index in [9.17, 15) is 19.7 Å². The van der Waals surface area contributed by atoms with Crippen LogP contribution in [0.3, 0.4) is 0 Å². The molecule has 0 aromatic heterocycles. The van der Waals surface area contributed by atoms with Gasteiger partial charge in [0, 0.05) is 12.1 Å². The van der Waals surface area contributed by atoms with Gasteiger partial charge in [0.25, 0.3) is 11.6 Å². The number of nitrogens with zero attached hydrogens (tertiary/aromatic N) is 2. The highest BCUT2D eigenvalue weighted by Crippen LogP contribution is 2.33. The third kappa shape index (κ3) is 3.67. The van der Waals surface area contributed by atoms with Crippen LogP contribution in [0.25, 0.3) is 0 Å². The summed E-state index contributed by atoms with van der Waals surface area (Å²) in [6.45, 7) is 12.2. The van der Waals surface area contributed by atoms with Crippen LogP contribution in [0.15, 0.2) is 36.4 Å². The van der Waals surface area contributed by atoms with Gasteiger partial charge in [0.05, 0.1) is 11.5 Å². The van der Waals surface area contributed by atoms with Gasteiger partial charge in [-0.3, -0.25) is 19.8 Å². The Labute approximate surface area is 176 Å². The average Bonchev–Trinajstić information content (AvgIpc) is 2.87. The summed E-state index contributed by atoms with van der Waals surface area (Å²) in [5.41, 5.74) is 3.39. The van der Waals surface area contributed by atoms with E-state index < -0.39 is 16.5 Å². The van der Waals surface area contributed by atoms with E-state index in [2.05, 4.69) is 38.2 Å². The van der Waals surface area contributed by atoms with Crippen LogP contribution >= 0.6 is 0 Å². The summed E-state index contributed by atoms with van der Waals surface area (Å²) in [7, 11) is 0. The molecule has 30 heavy (non-hydrogen) atoms. The van der Waals surface area contributed by atoms with E-state index in [0.29, 0.717) is 5.56 Å². The minimum absolute atomic E-state index is 0.00335. The number of benzene rings is 2. The summed E-state index contributed by atoms with van der Waals surface area (Å²) in [4.78, 5) is 37.5. The lowest BCUT2D eigenvalue weighted by atomic mass is 9.83. The lowest BCUT2D eigenvalue weighted by molar-refractivity contribution is -0.384. The first-order chi connectivity index (χ1) is 13.8. The van der Waals surface area contributed by atoms with Crippen LogP contribution in [0.5, 0.6) is 0 Å². The number of nitro groups is 1. The van der Waals surface area contributed by atoms with Crippen molar-refractivity contribution in [3.05, 3.63) is 74.3 Å². The van der Waals surface area contributed by atoms with E-state index in [1.807, 2.05) is 13.8 Å². The smallest absolute Gasteiger partial charge is 0.319 e. The molecule has 1 saturated heterocycles. The molecule has 0 radical (unpaired) electrons. The summed E-state index contributed by atoms with van der Waals surface area (Å²) in [6, 6.07) is 9.43. The van der Waals surface area contributed by atoms with Crippen molar-refractivity contribution >= 4 is 17.6 Å². The van der Waals surface area contributed by atoms with Crippen molar-refractivity contribution in [1.29, 1.82) is 0 Å². The minimum atomic E-state index is -1.26. The molecule has 0 spiro atoms. The van der Waals surface area contributed by atoms with Gasteiger partial charge >= 0.3 is 6.03 Å². The molecule has 0 saturated carbocycles. The molecule has 158 valence electrons. The number of hydrogen-bond donors (Lipinski definition) is 1. The van der Waals surface area contributed by atoms with Crippen molar-refractivity contribution < 1.29 is 14.5 Å². The molecule has 7 heteroatoms. The predicted molar refractivity (Wildman–Crippen MR) is 114 cm³/mol. The molecule has 0 bridgehead atoms. The van der Waals surface area contributed by atoms with Crippen LogP contribution in [0.1, 0.15) is 55.5 Å². The quantitative estimate of drug-likeness (QED) is 0.458. The zero-order valence-electron chi connectivity index (χ0n) is 18.2. The molecule has 1 atom stereocenters. The molecule has 1 N–H and O–H groups in total. The molecule has 7 nitrogen and oxygen atoms in total. The van der Waals surface area contributed by atoms with Gasteiger partial charge in [-0.15, -0.1) is 0 Å². The maximum absolute atomic E-state index is 13.2. The lowest BCUT2D eigenvalue weighted by Crippen LogP contribution is -2.40. The lowest BCUT2D eigenvalue weighted by Gasteiger charge is -2.24. The molecule has 3 amide bonds. The summed E-state index contributed by atoms with van der Waals surface area (Å²) in [6.07, 6.45) is 0. The van der Waals surface area contributed by atoms with Crippen molar-refractivity contribution in [2.45, 2.75) is 59.0 Å². The average molecular weight is 409 g/mol. The maximum Gasteiger partial charge on any atom is 0.325 e. The van der Waals surface area contributed by atoms with Gasteiger partial charge in [-0.1, -0.05) is 32.9 Å². The van der Waals surface area contributed by atoms with E-state index in [1.54, 1.807) is 6.92 Å². The zero-order chi connectivity index (χ0) is 22.4. The van der Waals surface area contributed by atoms with Gasteiger partial charge in [0.2, 0.25) is 0 Å². The second-order valence-electron chi connectivity index (χ2n) is 9.09. The molecule has 3 rings (SSSR count). The number of nitrogens with one attached hydrogen (secondary N) is 1. The van der Waals surface area contributed by atoms with Gasteiger partial charge in [0.1, 0.15) is 5.54 Å². The zero-order valence-corrected chi connectivity index (χ0v) is 18.2. The van der Waals surface area contributed by atoms with E-state index in [-0.39, 0.29) is 23.6 Å². The monoisotopic (exact) mass is 409 g/mol. The van der Waals surface area contributed by atoms with E-state index >= 15 is 0 Å². The van der Waals surface area contributed by atoms with Crippen molar-refractivity contribution in [3.8, 4) is 0 Å². The second kappa shape index (κ2) is 7.23. The number of nitro benzene ring substituents is 1. The SMILES string of the molecule is Cc1cc(C(C)(C)C)cc(C)c1CN1C(=O)NC(C)(c2ccc([N+](=O)[O-])cc2)C1=O. The predicted octanol–water partition coefficient (Wildman–Crippen LogP) is 4.48. The fourth-order valence-electron chi connectivity index (χ4n) is 3.79. The normalized spacial score (nSPS) is 19.2. The van der Waals surface area contributed by atoms with Crippen LogP contribution in [-0.4, -0.2) is 21.8 Å². The van der Waals surface area contributed by atoms with Crippen LogP contribution < -0.4 is 5.32 Å². The highest BCUT2D eigenvalue weighted by molar-refractivity contribution is 6.07. The molecule has 1 heterocycles. The Bertz CT molecular complexity index is 1010. The third-order valence-corrected chi connectivity index (χ3v) is 5.81. The topological polar surface area (TPSA) is 92.6 Å². The molecule has 1 fully saturated rings. The first kappa shape index (κ1) is 21.5. The number of rotatable bonds is 4. The number of aryl methyl sites for hydroxylation is 2. The van der Waals surface area contributed by atoms with Crippen molar-refractivity contribution in [2.75, 3.05) is 0 Å². The summed E-state index contributed by atoms with van der Waals surface area (Å²) < 4.78 is 0. The van der Waals surface area contributed by atoms with Gasteiger partial charge in [-0.05, 0) is 66.1 Å². The molecule has 1 aliphatic rings. The highest BCUT2D eigenvalue weighted by atomic mass is 16.6. The molecular formula is C23H27N3O4. The molecule has 1 unspecified atom stereocenters. The van der Waals surface area contributed by atoms with Gasteiger partial charge in [-0.2, -0.15) is 0 Å². The number of hydrogen-bond acceptors (Lipinski definition) is 4. The van der Waals surface area contributed by atoms with Gasteiger partial charge in [0.15, 0.2) is 0 Å². The summed E-state index contributed by atoms with van der Waals surface area (Å²) in [5.74, 6) is -0.375.